The summed E-state index contributed by atoms with van der Waals surface area (Å²) in [6, 6.07) is 0. The lowest BCUT2D eigenvalue weighted by atomic mass is 9.96. The number of rotatable bonds is 9. The molecule has 0 fully saturated rings. The van der Waals surface area contributed by atoms with Crippen molar-refractivity contribution in [2.45, 2.75) is 46.0 Å². The monoisotopic (exact) mass is 188 g/mol. The van der Waals surface area contributed by atoms with Crippen LogP contribution in [0.3, 0.4) is 0 Å². The van der Waals surface area contributed by atoms with Crippen molar-refractivity contribution < 1.29 is 9.47 Å². The van der Waals surface area contributed by atoms with Gasteiger partial charge in [-0.15, -0.1) is 0 Å². The third kappa shape index (κ3) is 8.26. The molecule has 0 amide bonds. The van der Waals surface area contributed by atoms with Crippen LogP contribution in [0.25, 0.3) is 0 Å². The SMILES string of the molecule is CCCCC(CC)CCOCOC. The molecule has 0 saturated carbocycles. The van der Waals surface area contributed by atoms with Crippen molar-refractivity contribution in [3.8, 4) is 0 Å². The van der Waals surface area contributed by atoms with Crippen molar-refractivity contribution >= 4 is 0 Å². The van der Waals surface area contributed by atoms with Crippen molar-refractivity contribution in [3.63, 3.8) is 0 Å². The van der Waals surface area contributed by atoms with Gasteiger partial charge in [0.05, 0.1) is 0 Å². The summed E-state index contributed by atoms with van der Waals surface area (Å²) in [5.74, 6) is 0.844. The Morgan fingerprint density at radius 2 is 1.92 bits per heavy atom. The second-order valence-electron chi connectivity index (χ2n) is 3.52. The zero-order valence-electron chi connectivity index (χ0n) is 9.34. The van der Waals surface area contributed by atoms with Gasteiger partial charge in [-0.3, -0.25) is 0 Å². The summed E-state index contributed by atoms with van der Waals surface area (Å²) < 4.78 is 10.1. The van der Waals surface area contributed by atoms with Gasteiger partial charge in [0.25, 0.3) is 0 Å². The van der Waals surface area contributed by atoms with Crippen LogP contribution >= 0.6 is 0 Å². The first-order chi connectivity index (χ1) is 6.35. The summed E-state index contributed by atoms with van der Waals surface area (Å²) in [5.41, 5.74) is 0. The minimum Gasteiger partial charge on any atom is -0.359 e. The van der Waals surface area contributed by atoms with E-state index in [2.05, 4.69) is 13.8 Å². The molecule has 0 saturated heterocycles. The second-order valence-corrected chi connectivity index (χ2v) is 3.52. The standard InChI is InChI=1S/C11H24O2/c1-4-6-7-11(5-2)8-9-13-10-12-3/h11H,4-10H2,1-3H3. The molecule has 0 heterocycles. The zero-order valence-corrected chi connectivity index (χ0v) is 9.34. The number of ether oxygens (including phenoxy) is 2. The fourth-order valence-corrected chi connectivity index (χ4v) is 1.44. The van der Waals surface area contributed by atoms with Crippen LogP contribution in [0.2, 0.25) is 0 Å². The lowest BCUT2D eigenvalue weighted by Crippen LogP contribution is -2.06. The molecule has 0 radical (unpaired) electrons. The molecule has 1 unspecified atom stereocenters. The van der Waals surface area contributed by atoms with Crippen molar-refractivity contribution in [2.75, 3.05) is 20.5 Å². The van der Waals surface area contributed by atoms with Crippen LogP contribution in [0.1, 0.15) is 46.0 Å². The fourth-order valence-electron chi connectivity index (χ4n) is 1.44. The van der Waals surface area contributed by atoms with E-state index in [1.807, 2.05) is 0 Å². The Kier molecular flexibility index (Phi) is 9.94. The van der Waals surface area contributed by atoms with Gasteiger partial charge in [-0.05, 0) is 12.3 Å². The average Bonchev–Trinajstić information content (AvgIpc) is 2.17. The van der Waals surface area contributed by atoms with E-state index in [0.717, 1.165) is 12.5 Å². The van der Waals surface area contributed by atoms with E-state index in [4.69, 9.17) is 9.47 Å². The third-order valence-electron chi connectivity index (χ3n) is 2.41. The van der Waals surface area contributed by atoms with Gasteiger partial charge < -0.3 is 9.47 Å². The topological polar surface area (TPSA) is 18.5 Å². The highest BCUT2D eigenvalue weighted by molar-refractivity contribution is 4.56. The molecule has 0 aliphatic carbocycles. The summed E-state index contributed by atoms with van der Waals surface area (Å²) in [5, 5.41) is 0. The molecule has 13 heavy (non-hydrogen) atoms. The molecule has 1 atom stereocenters. The fraction of sp³-hybridized carbons (Fsp3) is 1.00. The quantitative estimate of drug-likeness (QED) is 0.408. The lowest BCUT2D eigenvalue weighted by molar-refractivity contribution is -0.0348. The minimum absolute atomic E-state index is 0.435. The molecule has 0 aliphatic heterocycles. The molecule has 0 aromatic rings. The van der Waals surface area contributed by atoms with Crippen molar-refractivity contribution in [3.05, 3.63) is 0 Å². The van der Waals surface area contributed by atoms with Gasteiger partial charge in [0.1, 0.15) is 6.79 Å². The molecular weight excluding hydrogens is 164 g/mol. The average molecular weight is 188 g/mol. The van der Waals surface area contributed by atoms with Crippen molar-refractivity contribution in [1.82, 2.24) is 0 Å². The van der Waals surface area contributed by atoms with E-state index in [1.165, 1.54) is 32.1 Å². The minimum atomic E-state index is 0.435. The first-order valence-electron chi connectivity index (χ1n) is 5.41. The molecule has 0 aliphatic rings. The van der Waals surface area contributed by atoms with E-state index in [0.29, 0.717) is 6.79 Å². The highest BCUT2D eigenvalue weighted by Crippen LogP contribution is 2.16. The maximum Gasteiger partial charge on any atom is 0.146 e. The van der Waals surface area contributed by atoms with Gasteiger partial charge in [-0.25, -0.2) is 0 Å². The van der Waals surface area contributed by atoms with Crippen LogP contribution in [-0.4, -0.2) is 20.5 Å². The Morgan fingerprint density at radius 3 is 2.46 bits per heavy atom. The van der Waals surface area contributed by atoms with E-state index < -0.39 is 0 Å². The summed E-state index contributed by atoms with van der Waals surface area (Å²) in [6.45, 7) is 5.78. The van der Waals surface area contributed by atoms with Gasteiger partial charge in [-0.1, -0.05) is 39.5 Å². The normalized spacial score (nSPS) is 13.2. The highest BCUT2D eigenvalue weighted by Gasteiger charge is 2.04. The molecule has 2 nitrogen and oxygen atoms in total. The molecular formula is C11H24O2. The molecule has 0 N–H and O–H groups in total. The Balaban J connectivity index is 3.25. The maximum absolute atomic E-state index is 5.27. The van der Waals surface area contributed by atoms with Gasteiger partial charge >= 0.3 is 0 Å². The Labute approximate surface area is 82.6 Å². The molecule has 2 heteroatoms. The van der Waals surface area contributed by atoms with E-state index in [9.17, 15) is 0 Å². The van der Waals surface area contributed by atoms with Gasteiger partial charge in [0, 0.05) is 13.7 Å². The summed E-state index contributed by atoms with van der Waals surface area (Å²) in [4.78, 5) is 0. The Hall–Kier alpha value is -0.0800. The Bertz CT molecular complexity index is 94.1. The smallest absolute Gasteiger partial charge is 0.146 e. The van der Waals surface area contributed by atoms with Crippen LogP contribution < -0.4 is 0 Å². The third-order valence-corrected chi connectivity index (χ3v) is 2.41. The predicted octanol–water partition coefficient (Wildman–Crippen LogP) is 3.21. The number of hydrogen-bond donors (Lipinski definition) is 0. The van der Waals surface area contributed by atoms with Crippen LogP contribution in [-0.2, 0) is 9.47 Å². The van der Waals surface area contributed by atoms with Gasteiger partial charge in [0.2, 0.25) is 0 Å². The predicted molar refractivity (Wildman–Crippen MR) is 55.8 cm³/mol. The first kappa shape index (κ1) is 12.9. The maximum atomic E-state index is 5.27. The number of hydrogen-bond acceptors (Lipinski definition) is 2. The molecule has 0 aromatic carbocycles. The van der Waals surface area contributed by atoms with E-state index in [-0.39, 0.29) is 0 Å². The van der Waals surface area contributed by atoms with E-state index in [1.54, 1.807) is 7.11 Å². The summed E-state index contributed by atoms with van der Waals surface area (Å²) in [6.07, 6.45) is 6.46. The second kappa shape index (κ2) is 10.0. The first-order valence-corrected chi connectivity index (χ1v) is 5.41. The van der Waals surface area contributed by atoms with Crippen LogP contribution in [0, 0.1) is 5.92 Å². The van der Waals surface area contributed by atoms with E-state index >= 15 is 0 Å². The molecule has 0 spiro atoms. The largest absolute Gasteiger partial charge is 0.359 e. The molecule has 0 bridgehead atoms. The van der Waals surface area contributed by atoms with Crippen molar-refractivity contribution in [1.29, 1.82) is 0 Å². The molecule has 0 aromatic heterocycles. The van der Waals surface area contributed by atoms with Gasteiger partial charge in [0.15, 0.2) is 0 Å². The van der Waals surface area contributed by atoms with Crippen molar-refractivity contribution in [2.24, 2.45) is 5.92 Å². The van der Waals surface area contributed by atoms with Crippen LogP contribution in [0.4, 0.5) is 0 Å². The lowest BCUT2D eigenvalue weighted by Gasteiger charge is -2.13. The molecule has 0 rings (SSSR count). The van der Waals surface area contributed by atoms with Gasteiger partial charge in [-0.2, -0.15) is 0 Å². The van der Waals surface area contributed by atoms with Crippen LogP contribution in [0.5, 0.6) is 0 Å². The number of methoxy groups -OCH3 is 1. The summed E-state index contributed by atoms with van der Waals surface area (Å²) >= 11 is 0. The number of unbranched alkanes of at least 4 members (excludes halogenated alkanes) is 1. The highest BCUT2D eigenvalue weighted by atomic mass is 16.7. The molecule has 80 valence electrons. The zero-order chi connectivity index (χ0) is 9.94. The van der Waals surface area contributed by atoms with Crippen LogP contribution in [0.15, 0.2) is 0 Å². The Morgan fingerprint density at radius 1 is 1.15 bits per heavy atom. The summed E-state index contributed by atoms with van der Waals surface area (Å²) in [7, 11) is 1.66.